The predicted octanol–water partition coefficient (Wildman–Crippen LogP) is 5.77. The number of ether oxygens (including phenoxy) is 2. The summed E-state index contributed by atoms with van der Waals surface area (Å²) >= 11 is 2.22. The second-order valence-electron chi connectivity index (χ2n) is 7.48. The Morgan fingerprint density at radius 2 is 1.79 bits per heavy atom. The van der Waals surface area contributed by atoms with Gasteiger partial charge < -0.3 is 15.2 Å². The maximum atomic E-state index is 12.3. The quantitative estimate of drug-likeness (QED) is 0.123. The van der Waals surface area contributed by atoms with Crippen LogP contribution in [0.1, 0.15) is 28.4 Å². The number of rotatable bonds is 8. The number of hydrogen-bond acceptors (Lipinski definition) is 5. The van der Waals surface area contributed by atoms with Crippen molar-refractivity contribution in [3.63, 3.8) is 0 Å². The molecule has 0 aliphatic heterocycles. The Hall–Kier alpha value is -3.59. The molecule has 0 aliphatic carbocycles. The summed E-state index contributed by atoms with van der Waals surface area (Å²) in [7, 11) is 0. The first-order valence-corrected chi connectivity index (χ1v) is 11.9. The van der Waals surface area contributed by atoms with Crippen LogP contribution >= 0.6 is 22.6 Å². The number of halogens is 1. The van der Waals surface area contributed by atoms with E-state index in [1.54, 1.807) is 30.5 Å². The topological polar surface area (TPSA) is 85.9 Å². The third-order valence-electron chi connectivity index (χ3n) is 5.17. The van der Waals surface area contributed by atoms with Crippen LogP contribution in [0, 0.1) is 3.57 Å². The molecule has 0 saturated carbocycles. The second-order valence-corrected chi connectivity index (χ2v) is 8.64. The van der Waals surface area contributed by atoms with Gasteiger partial charge in [-0.15, -0.1) is 0 Å². The van der Waals surface area contributed by atoms with Gasteiger partial charge in [-0.3, -0.25) is 4.79 Å². The lowest BCUT2D eigenvalue weighted by molar-refractivity contribution is 0.0956. The monoisotopic (exact) mass is 565 g/mol. The van der Waals surface area contributed by atoms with Gasteiger partial charge in [-0.2, -0.15) is 5.10 Å². The van der Waals surface area contributed by atoms with Crippen LogP contribution in [0.4, 0.5) is 5.69 Å². The van der Waals surface area contributed by atoms with E-state index in [1.165, 1.54) is 5.39 Å². The van der Waals surface area contributed by atoms with E-state index in [4.69, 9.17) is 15.2 Å². The number of hydrazone groups is 1. The molecule has 4 aromatic rings. The predicted molar refractivity (Wildman–Crippen MR) is 145 cm³/mol. The van der Waals surface area contributed by atoms with Crippen molar-refractivity contribution >= 4 is 51.2 Å². The van der Waals surface area contributed by atoms with Gasteiger partial charge >= 0.3 is 0 Å². The number of carbonyl (C=O) groups excluding carboxylic acids is 1. The number of carbonyl (C=O) groups is 1. The van der Waals surface area contributed by atoms with Crippen LogP contribution in [0.15, 0.2) is 84.0 Å². The normalized spacial score (nSPS) is 11.0. The van der Waals surface area contributed by atoms with Crippen LogP contribution in [-0.2, 0) is 6.61 Å². The van der Waals surface area contributed by atoms with E-state index in [9.17, 15) is 4.79 Å². The van der Waals surface area contributed by atoms with Crippen molar-refractivity contribution in [2.75, 3.05) is 12.3 Å². The molecule has 7 heteroatoms. The van der Waals surface area contributed by atoms with Gasteiger partial charge in [0.15, 0.2) is 11.5 Å². The molecule has 0 atom stereocenters. The first-order chi connectivity index (χ1) is 16.6. The fourth-order valence-corrected chi connectivity index (χ4v) is 4.34. The van der Waals surface area contributed by atoms with E-state index in [-0.39, 0.29) is 5.91 Å². The highest BCUT2D eigenvalue weighted by Gasteiger charge is 2.13. The zero-order chi connectivity index (χ0) is 23.9. The molecule has 0 fully saturated rings. The van der Waals surface area contributed by atoms with Gasteiger partial charge in [-0.1, -0.05) is 54.6 Å². The first kappa shape index (κ1) is 23.6. The van der Waals surface area contributed by atoms with Crippen LogP contribution in [0.2, 0.25) is 0 Å². The van der Waals surface area contributed by atoms with E-state index in [0.29, 0.717) is 36.0 Å². The van der Waals surface area contributed by atoms with E-state index in [0.717, 1.165) is 20.1 Å². The fraction of sp³-hybridized carbons (Fsp3) is 0.111. The molecule has 1 amide bonds. The highest BCUT2D eigenvalue weighted by atomic mass is 127. The van der Waals surface area contributed by atoms with Crippen molar-refractivity contribution in [3.8, 4) is 11.5 Å². The zero-order valence-corrected chi connectivity index (χ0v) is 20.8. The lowest BCUT2D eigenvalue weighted by Gasteiger charge is -2.15. The average molecular weight is 565 g/mol. The van der Waals surface area contributed by atoms with E-state index >= 15 is 0 Å². The molecule has 0 aromatic heterocycles. The fourth-order valence-electron chi connectivity index (χ4n) is 3.56. The van der Waals surface area contributed by atoms with Crippen molar-refractivity contribution in [1.29, 1.82) is 0 Å². The molecule has 0 unspecified atom stereocenters. The molecule has 4 rings (SSSR count). The largest absolute Gasteiger partial charge is 0.490 e. The molecule has 4 aromatic carbocycles. The SMILES string of the molecule is CCOc1cc(/C=N\NC(=O)c2ccccc2N)cc(I)c1OCc1cccc2ccccc12. The number of benzene rings is 4. The summed E-state index contributed by atoms with van der Waals surface area (Å²) in [5, 5.41) is 6.42. The summed E-state index contributed by atoms with van der Waals surface area (Å²) in [4.78, 5) is 12.3. The van der Waals surface area contributed by atoms with Gasteiger partial charge in [0.05, 0.1) is 22.0 Å². The summed E-state index contributed by atoms with van der Waals surface area (Å²) < 4.78 is 13.0. The molecule has 0 radical (unpaired) electrons. The highest BCUT2D eigenvalue weighted by Crippen LogP contribution is 2.35. The van der Waals surface area contributed by atoms with Crippen LogP contribution in [0.25, 0.3) is 10.8 Å². The molecule has 3 N–H and O–H groups in total. The molecule has 172 valence electrons. The van der Waals surface area contributed by atoms with Crippen LogP contribution < -0.4 is 20.6 Å². The third-order valence-corrected chi connectivity index (χ3v) is 5.97. The minimum Gasteiger partial charge on any atom is -0.490 e. The number of anilines is 1. The average Bonchev–Trinajstić information content (AvgIpc) is 2.84. The van der Waals surface area contributed by atoms with Crippen LogP contribution in [0.5, 0.6) is 11.5 Å². The molecular formula is C27H24IN3O3. The van der Waals surface area contributed by atoms with Gasteiger partial charge in [0.25, 0.3) is 5.91 Å². The van der Waals surface area contributed by atoms with Gasteiger partial charge in [0.2, 0.25) is 0 Å². The lowest BCUT2D eigenvalue weighted by atomic mass is 10.1. The zero-order valence-electron chi connectivity index (χ0n) is 18.6. The number of hydrogen-bond donors (Lipinski definition) is 2. The van der Waals surface area contributed by atoms with Gasteiger partial charge in [0, 0.05) is 5.69 Å². The molecule has 34 heavy (non-hydrogen) atoms. The first-order valence-electron chi connectivity index (χ1n) is 10.8. The molecule has 0 saturated heterocycles. The minimum atomic E-state index is -0.371. The summed E-state index contributed by atoms with van der Waals surface area (Å²) in [6.45, 7) is 2.83. The van der Waals surface area contributed by atoms with Crippen molar-refractivity contribution in [3.05, 3.63) is 99.1 Å². The maximum absolute atomic E-state index is 12.3. The van der Waals surface area contributed by atoms with Crippen LogP contribution in [0.3, 0.4) is 0 Å². The summed E-state index contributed by atoms with van der Waals surface area (Å²) in [6, 6.07) is 25.1. The van der Waals surface area contributed by atoms with E-state index < -0.39 is 0 Å². The smallest absolute Gasteiger partial charge is 0.273 e. The highest BCUT2D eigenvalue weighted by molar-refractivity contribution is 14.1. The van der Waals surface area contributed by atoms with Crippen LogP contribution in [-0.4, -0.2) is 18.7 Å². The number of nitrogens with one attached hydrogen (secondary N) is 1. The van der Waals surface area contributed by atoms with E-state index in [2.05, 4.69) is 57.4 Å². The molecule has 6 nitrogen and oxygen atoms in total. The molecule has 0 aliphatic rings. The lowest BCUT2D eigenvalue weighted by Crippen LogP contribution is -2.19. The molecule has 0 bridgehead atoms. The number of nitrogen functional groups attached to an aromatic ring is 1. The number of nitrogens with zero attached hydrogens (tertiary/aromatic N) is 1. The molecular weight excluding hydrogens is 541 g/mol. The molecule has 0 heterocycles. The number of nitrogens with two attached hydrogens (primary N) is 1. The van der Waals surface area contributed by atoms with Gasteiger partial charge in [0.1, 0.15) is 6.61 Å². The molecule has 0 spiro atoms. The Morgan fingerprint density at radius 3 is 2.62 bits per heavy atom. The summed E-state index contributed by atoms with van der Waals surface area (Å²) in [5.74, 6) is 0.924. The minimum absolute atomic E-state index is 0.371. The van der Waals surface area contributed by atoms with Crippen molar-refractivity contribution < 1.29 is 14.3 Å². The number of para-hydroxylation sites is 1. The Bertz CT molecular complexity index is 1350. The Kier molecular flexibility index (Phi) is 7.64. The standard InChI is InChI=1S/C27H24IN3O3/c1-2-33-25-15-18(16-30-31-27(32)22-12-5-6-13-24(22)29)14-23(28)26(25)34-17-20-10-7-9-19-8-3-4-11-21(19)20/h3-16H,2,17,29H2,1H3,(H,31,32)/b30-16-. The van der Waals surface area contributed by atoms with E-state index in [1.807, 2.05) is 37.3 Å². The Balaban J connectivity index is 1.51. The number of fused-ring (bicyclic) bond motifs is 1. The number of amides is 1. The third kappa shape index (κ3) is 5.48. The summed E-state index contributed by atoms with van der Waals surface area (Å²) in [5.41, 5.74) is 11.0. The second kappa shape index (κ2) is 11.0. The Morgan fingerprint density at radius 1 is 1.03 bits per heavy atom. The van der Waals surface area contributed by atoms with Crippen molar-refractivity contribution in [1.82, 2.24) is 5.43 Å². The van der Waals surface area contributed by atoms with Gasteiger partial charge in [-0.25, -0.2) is 5.43 Å². The Labute approximate surface area is 211 Å². The van der Waals surface area contributed by atoms with Crippen molar-refractivity contribution in [2.45, 2.75) is 13.5 Å². The van der Waals surface area contributed by atoms with Gasteiger partial charge in [-0.05, 0) is 75.7 Å². The summed E-state index contributed by atoms with van der Waals surface area (Å²) in [6.07, 6.45) is 1.57. The maximum Gasteiger partial charge on any atom is 0.273 e. The van der Waals surface area contributed by atoms with Crippen molar-refractivity contribution in [2.24, 2.45) is 5.10 Å².